The Hall–Kier alpha value is -1.48. The van der Waals surface area contributed by atoms with Crippen LogP contribution in [-0.4, -0.2) is 15.0 Å². The topological polar surface area (TPSA) is 38.7 Å². The van der Waals surface area contributed by atoms with E-state index >= 15 is 0 Å². The van der Waals surface area contributed by atoms with Crippen molar-refractivity contribution >= 4 is 11.6 Å². The first-order valence-corrected chi connectivity index (χ1v) is 5.39. The quantitative estimate of drug-likeness (QED) is 0.760. The second-order valence-corrected chi connectivity index (χ2v) is 4.08. The van der Waals surface area contributed by atoms with E-state index in [2.05, 4.69) is 15.0 Å². The van der Waals surface area contributed by atoms with Crippen molar-refractivity contribution in [3.8, 4) is 11.3 Å². The van der Waals surface area contributed by atoms with Crippen molar-refractivity contribution in [1.29, 1.82) is 0 Å². The lowest BCUT2D eigenvalue weighted by molar-refractivity contribution is 1.05. The van der Waals surface area contributed by atoms with Crippen LogP contribution in [0.3, 0.4) is 0 Å². The highest BCUT2D eigenvalue weighted by Gasteiger charge is 2.11. The summed E-state index contributed by atoms with van der Waals surface area (Å²) in [6.07, 6.45) is 3.52. The van der Waals surface area contributed by atoms with Gasteiger partial charge in [0.2, 0.25) is 0 Å². The summed E-state index contributed by atoms with van der Waals surface area (Å²) in [5, 5.41) is 0.430. The molecule has 2 heterocycles. The van der Waals surface area contributed by atoms with Gasteiger partial charge in [-0.1, -0.05) is 11.6 Å². The summed E-state index contributed by atoms with van der Waals surface area (Å²) in [7, 11) is 0. The number of pyridine rings is 1. The van der Waals surface area contributed by atoms with Gasteiger partial charge in [0.05, 0.1) is 11.4 Å². The van der Waals surface area contributed by atoms with E-state index in [1.807, 2.05) is 26.8 Å². The summed E-state index contributed by atoms with van der Waals surface area (Å²) in [4.78, 5) is 12.8. The third-order valence-corrected chi connectivity index (χ3v) is 2.82. The van der Waals surface area contributed by atoms with Gasteiger partial charge in [-0.3, -0.25) is 4.98 Å². The fourth-order valence-corrected chi connectivity index (χ4v) is 1.73. The molecule has 0 N–H and O–H groups in total. The van der Waals surface area contributed by atoms with Gasteiger partial charge in [0.1, 0.15) is 5.69 Å². The van der Waals surface area contributed by atoms with E-state index < -0.39 is 0 Å². The van der Waals surface area contributed by atoms with E-state index in [-0.39, 0.29) is 0 Å². The summed E-state index contributed by atoms with van der Waals surface area (Å²) in [6, 6.07) is 1.93. The van der Waals surface area contributed by atoms with Crippen molar-refractivity contribution in [2.75, 3.05) is 0 Å². The molecule has 0 saturated carbocycles. The largest absolute Gasteiger partial charge is 0.264 e. The van der Waals surface area contributed by atoms with E-state index in [0.717, 1.165) is 22.5 Å². The molecule has 0 spiro atoms. The zero-order valence-corrected chi connectivity index (χ0v) is 10.2. The standard InChI is InChI=1S/C12H12ClN3/c1-7-4-5-14-6-10(7)11-12(13)16-9(3)8(2)15-11/h4-6H,1-3H3. The third-order valence-electron chi connectivity index (χ3n) is 2.56. The predicted molar refractivity (Wildman–Crippen MR) is 64.5 cm³/mol. The van der Waals surface area contributed by atoms with E-state index in [1.165, 1.54) is 0 Å². The Bertz CT molecular complexity index is 538. The molecule has 0 aromatic carbocycles. The van der Waals surface area contributed by atoms with Gasteiger partial charge < -0.3 is 0 Å². The molecule has 4 heteroatoms. The highest BCUT2D eigenvalue weighted by Crippen LogP contribution is 2.26. The Balaban J connectivity index is 2.65. The fraction of sp³-hybridized carbons (Fsp3) is 0.250. The molecule has 0 unspecified atom stereocenters. The molecule has 0 atom stereocenters. The van der Waals surface area contributed by atoms with Crippen molar-refractivity contribution in [2.45, 2.75) is 20.8 Å². The lowest BCUT2D eigenvalue weighted by Gasteiger charge is -2.08. The fourth-order valence-electron chi connectivity index (χ4n) is 1.46. The molecule has 0 saturated heterocycles. The van der Waals surface area contributed by atoms with Crippen molar-refractivity contribution in [3.05, 3.63) is 40.6 Å². The molecule has 0 aliphatic rings. The summed E-state index contributed by atoms with van der Waals surface area (Å²) >= 11 is 6.11. The Morgan fingerprint density at radius 3 is 2.44 bits per heavy atom. The summed E-state index contributed by atoms with van der Waals surface area (Å²) in [6.45, 7) is 5.83. The average molecular weight is 234 g/mol. The normalized spacial score (nSPS) is 10.5. The van der Waals surface area contributed by atoms with Gasteiger partial charge >= 0.3 is 0 Å². The Morgan fingerprint density at radius 1 is 1.06 bits per heavy atom. The predicted octanol–water partition coefficient (Wildman–Crippen LogP) is 3.12. The van der Waals surface area contributed by atoms with Gasteiger partial charge in [-0.05, 0) is 32.4 Å². The maximum atomic E-state index is 6.11. The Kier molecular flexibility index (Phi) is 2.88. The number of rotatable bonds is 1. The van der Waals surface area contributed by atoms with Crippen LogP contribution in [0.15, 0.2) is 18.5 Å². The molecular formula is C12H12ClN3. The summed E-state index contributed by atoms with van der Waals surface area (Å²) < 4.78 is 0. The minimum Gasteiger partial charge on any atom is -0.264 e. The molecule has 2 rings (SSSR count). The van der Waals surface area contributed by atoms with Crippen molar-refractivity contribution in [1.82, 2.24) is 15.0 Å². The van der Waals surface area contributed by atoms with Crippen LogP contribution < -0.4 is 0 Å². The highest BCUT2D eigenvalue weighted by atomic mass is 35.5. The number of nitrogens with zero attached hydrogens (tertiary/aromatic N) is 3. The zero-order valence-electron chi connectivity index (χ0n) is 9.45. The summed E-state index contributed by atoms with van der Waals surface area (Å²) in [5.41, 5.74) is 4.48. The molecule has 0 aliphatic heterocycles. The molecule has 2 aromatic heterocycles. The van der Waals surface area contributed by atoms with Crippen LogP contribution >= 0.6 is 11.6 Å². The average Bonchev–Trinajstić information content (AvgIpc) is 2.25. The van der Waals surface area contributed by atoms with Crippen LogP contribution in [0, 0.1) is 20.8 Å². The molecule has 0 radical (unpaired) electrons. The van der Waals surface area contributed by atoms with E-state index in [0.29, 0.717) is 10.8 Å². The number of aromatic nitrogens is 3. The second kappa shape index (κ2) is 4.18. The van der Waals surface area contributed by atoms with Gasteiger partial charge in [-0.2, -0.15) is 0 Å². The number of hydrogen-bond acceptors (Lipinski definition) is 3. The number of halogens is 1. The first-order valence-electron chi connectivity index (χ1n) is 5.01. The number of aryl methyl sites for hydroxylation is 3. The molecule has 0 aliphatic carbocycles. The van der Waals surface area contributed by atoms with Crippen molar-refractivity contribution < 1.29 is 0 Å². The van der Waals surface area contributed by atoms with Crippen molar-refractivity contribution in [2.24, 2.45) is 0 Å². The van der Waals surface area contributed by atoms with E-state index in [1.54, 1.807) is 12.4 Å². The number of hydrogen-bond donors (Lipinski definition) is 0. The third kappa shape index (κ3) is 1.91. The van der Waals surface area contributed by atoms with Gasteiger partial charge in [-0.25, -0.2) is 9.97 Å². The zero-order chi connectivity index (χ0) is 11.7. The van der Waals surface area contributed by atoms with Crippen LogP contribution in [-0.2, 0) is 0 Å². The second-order valence-electron chi connectivity index (χ2n) is 3.72. The molecular weight excluding hydrogens is 222 g/mol. The van der Waals surface area contributed by atoms with Crippen LogP contribution in [0.1, 0.15) is 17.0 Å². The maximum Gasteiger partial charge on any atom is 0.155 e. The molecule has 82 valence electrons. The van der Waals surface area contributed by atoms with Crippen molar-refractivity contribution in [3.63, 3.8) is 0 Å². The van der Waals surface area contributed by atoms with E-state index in [9.17, 15) is 0 Å². The molecule has 16 heavy (non-hydrogen) atoms. The molecule has 0 bridgehead atoms. The molecule has 0 amide bonds. The first kappa shape index (κ1) is 11.0. The Labute approximate surface area is 99.5 Å². The maximum absolute atomic E-state index is 6.11. The van der Waals surface area contributed by atoms with Gasteiger partial charge in [-0.15, -0.1) is 0 Å². The minimum atomic E-state index is 0.430. The molecule has 3 nitrogen and oxygen atoms in total. The lowest BCUT2D eigenvalue weighted by atomic mass is 10.1. The van der Waals surface area contributed by atoms with Gasteiger partial charge in [0, 0.05) is 18.0 Å². The lowest BCUT2D eigenvalue weighted by Crippen LogP contribution is -1.97. The SMILES string of the molecule is Cc1ccncc1-c1nc(C)c(C)nc1Cl. The van der Waals surface area contributed by atoms with Crippen LogP contribution in [0.5, 0.6) is 0 Å². The smallest absolute Gasteiger partial charge is 0.155 e. The highest BCUT2D eigenvalue weighted by molar-refractivity contribution is 6.31. The molecule has 2 aromatic rings. The first-order chi connectivity index (χ1) is 7.59. The molecule has 0 fully saturated rings. The monoisotopic (exact) mass is 233 g/mol. The minimum absolute atomic E-state index is 0.430. The van der Waals surface area contributed by atoms with Crippen LogP contribution in [0.4, 0.5) is 0 Å². The summed E-state index contributed by atoms with van der Waals surface area (Å²) in [5.74, 6) is 0. The van der Waals surface area contributed by atoms with Crippen LogP contribution in [0.25, 0.3) is 11.3 Å². The van der Waals surface area contributed by atoms with Gasteiger partial charge in [0.25, 0.3) is 0 Å². The van der Waals surface area contributed by atoms with Gasteiger partial charge in [0.15, 0.2) is 5.15 Å². The Morgan fingerprint density at radius 2 is 1.75 bits per heavy atom. The van der Waals surface area contributed by atoms with Crippen LogP contribution in [0.2, 0.25) is 5.15 Å². The van der Waals surface area contributed by atoms with E-state index in [4.69, 9.17) is 11.6 Å².